The van der Waals surface area contributed by atoms with E-state index in [1.54, 1.807) is 30.5 Å². The van der Waals surface area contributed by atoms with Gasteiger partial charge >= 0.3 is 0 Å². The first-order valence-corrected chi connectivity index (χ1v) is 7.87. The monoisotopic (exact) mass is 299 g/mol. The van der Waals surface area contributed by atoms with Gasteiger partial charge in [-0.15, -0.1) is 0 Å². The molecule has 0 unspecified atom stereocenters. The van der Waals surface area contributed by atoms with Crippen molar-refractivity contribution in [2.75, 3.05) is 0 Å². The van der Waals surface area contributed by atoms with Gasteiger partial charge in [0.25, 0.3) is 0 Å². The van der Waals surface area contributed by atoms with Crippen LogP contribution in [0.5, 0.6) is 0 Å². The Morgan fingerprint density at radius 1 is 1.00 bits per heavy atom. The van der Waals surface area contributed by atoms with Crippen molar-refractivity contribution in [2.45, 2.75) is 11.4 Å². The van der Waals surface area contributed by atoms with E-state index in [1.165, 1.54) is 6.33 Å². The Morgan fingerprint density at radius 2 is 1.81 bits per heavy atom. The number of fused-ring (bicyclic) bond motifs is 1. The van der Waals surface area contributed by atoms with Crippen molar-refractivity contribution in [1.29, 1.82) is 0 Å². The van der Waals surface area contributed by atoms with Crippen LogP contribution in [0.4, 0.5) is 0 Å². The van der Waals surface area contributed by atoms with Gasteiger partial charge in [0.15, 0.2) is 0 Å². The largest absolute Gasteiger partial charge is 0.245 e. The fourth-order valence-corrected chi connectivity index (χ4v) is 3.33. The number of benzene rings is 2. The third kappa shape index (κ3) is 2.91. The van der Waals surface area contributed by atoms with Gasteiger partial charge < -0.3 is 0 Å². The van der Waals surface area contributed by atoms with E-state index in [9.17, 15) is 8.42 Å². The van der Waals surface area contributed by atoms with Gasteiger partial charge in [-0.3, -0.25) is 0 Å². The summed E-state index contributed by atoms with van der Waals surface area (Å²) in [6.45, 7) is 0.133. The van der Waals surface area contributed by atoms with Crippen molar-refractivity contribution in [3.05, 3.63) is 66.7 Å². The van der Waals surface area contributed by atoms with Crippen LogP contribution in [0.3, 0.4) is 0 Å². The zero-order chi connectivity index (χ0) is 14.7. The SMILES string of the molecule is O=S(=O)(NCc1ccncn1)c1cccc2ccccc12. The van der Waals surface area contributed by atoms with Crippen LogP contribution in [0.2, 0.25) is 0 Å². The van der Waals surface area contributed by atoms with Gasteiger partial charge in [-0.05, 0) is 17.5 Å². The average molecular weight is 299 g/mol. The number of hydrogen-bond acceptors (Lipinski definition) is 4. The first-order valence-electron chi connectivity index (χ1n) is 6.39. The first-order chi connectivity index (χ1) is 10.2. The zero-order valence-corrected chi connectivity index (χ0v) is 11.9. The number of nitrogens with one attached hydrogen (secondary N) is 1. The zero-order valence-electron chi connectivity index (χ0n) is 11.1. The molecule has 0 aliphatic heterocycles. The number of sulfonamides is 1. The maximum atomic E-state index is 12.5. The normalized spacial score (nSPS) is 11.6. The summed E-state index contributed by atoms with van der Waals surface area (Å²) in [5.41, 5.74) is 0.619. The maximum Gasteiger partial charge on any atom is 0.241 e. The Balaban J connectivity index is 1.94. The summed E-state index contributed by atoms with van der Waals surface area (Å²) in [5, 5.41) is 1.59. The molecule has 0 saturated heterocycles. The topological polar surface area (TPSA) is 72.0 Å². The van der Waals surface area contributed by atoms with E-state index in [-0.39, 0.29) is 11.4 Å². The molecule has 5 nitrogen and oxygen atoms in total. The van der Waals surface area contributed by atoms with Crippen LogP contribution in [0.15, 0.2) is 66.0 Å². The number of aromatic nitrogens is 2. The third-order valence-electron chi connectivity index (χ3n) is 3.13. The van der Waals surface area contributed by atoms with E-state index in [1.807, 2.05) is 24.3 Å². The standard InChI is InChI=1S/C15H13N3O2S/c19-21(20,18-10-13-8-9-16-11-17-13)15-7-3-5-12-4-1-2-6-14(12)15/h1-9,11,18H,10H2. The van der Waals surface area contributed by atoms with Crippen molar-refractivity contribution in [1.82, 2.24) is 14.7 Å². The van der Waals surface area contributed by atoms with Crippen LogP contribution in [0, 0.1) is 0 Å². The molecule has 21 heavy (non-hydrogen) atoms. The Morgan fingerprint density at radius 3 is 2.62 bits per heavy atom. The number of rotatable bonds is 4. The van der Waals surface area contributed by atoms with Gasteiger partial charge in [-0.25, -0.2) is 23.1 Å². The molecule has 0 aliphatic rings. The second-order valence-corrected chi connectivity index (χ2v) is 6.24. The molecule has 3 aromatic rings. The lowest BCUT2D eigenvalue weighted by Crippen LogP contribution is -2.24. The summed E-state index contributed by atoms with van der Waals surface area (Å²) in [6.07, 6.45) is 2.97. The molecule has 0 amide bonds. The van der Waals surface area contributed by atoms with Crippen LogP contribution in [0.25, 0.3) is 10.8 Å². The van der Waals surface area contributed by atoms with Crippen LogP contribution in [-0.2, 0) is 16.6 Å². The minimum atomic E-state index is -3.60. The summed E-state index contributed by atoms with van der Waals surface area (Å²) in [5.74, 6) is 0. The van der Waals surface area contributed by atoms with Gasteiger partial charge in [0, 0.05) is 11.6 Å². The second kappa shape index (κ2) is 5.59. The van der Waals surface area contributed by atoms with Crippen molar-refractivity contribution in [3.63, 3.8) is 0 Å². The van der Waals surface area contributed by atoms with Gasteiger partial charge in [0.05, 0.1) is 17.1 Å². The van der Waals surface area contributed by atoms with Crippen molar-refractivity contribution < 1.29 is 8.42 Å². The Kier molecular flexibility index (Phi) is 3.64. The molecule has 3 rings (SSSR count). The van der Waals surface area contributed by atoms with Gasteiger partial charge in [-0.1, -0.05) is 36.4 Å². The van der Waals surface area contributed by atoms with Gasteiger partial charge in [0.1, 0.15) is 6.33 Å². The average Bonchev–Trinajstić information content (AvgIpc) is 2.53. The lowest BCUT2D eigenvalue weighted by Gasteiger charge is -2.09. The molecule has 106 valence electrons. The highest BCUT2D eigenvalue weighted by atomic mass is 32.2. The molecule has 0 radical (unpaired) electrons. The first kappa shape index (κ1) is 13.7. The van der Waals surface area contributed by atoms with Crippen molar-refractivity contribution in [3.8, 4) is 0 Å². The van der Waals surface area contributed by atoms with Crippen LogP contribution < -0.4 is 4.72 Å². The molecular weight excluding hydrogens is 286 g/mol. The van der Waals surface area contributed by atoms with E-state index in [0.29, 0.717) is 11.1 Å². The molecule has 1 heterocycles. The molecule has 0 bridgehead atoms. The second-order valence-electron chi connectivity index (χ2n) is 4.50. The minimum Gasteiger partial charge on any atom is -0.245 e. The molecule has 2 aromatic carbocycles. The van der Waals surface area contributed by atoms with Crippen LogP contribution in [-0.4, -0.2) is 18.4 Å². The summed E-state index contributed by atoms with van der Waals surface area (Å²) in [6, 6.07) is 14.3. The predicted octanol–water partition coefficient (Wildman–Crippen LogP) is 2.11. The fraction of sp³-hybridized carbons (Fsp3) is 0.0667. The summed E-state index contributed by atoms with van der Waals surface area (Å²) in [7, 11) is -3.60. The summed E-state index contributed by atoms with van der Waals surface area (Å²) < 4.78 is 27.5. The summed E-state index contributed by atoms with van der Waals surface area (Å²) in [4.78, 5) is 8.07. The minimum absolute atomic E-state index is 0.133. The Labute approximate surface area is 122 Å². The molecule has 1 aromatic heterocycles. The highest BCUT2D eigenvalue weighted by Gasteiger charge is 2.16. The lowest BCUT2D eigenvalue weighted by atomic mass is 10.1. The van der Waals surface area contributed by atoms with Gasteiger partial charge in [0.2, 0.25) is 10.0 Å². The van der Waals surface area contributed by atoms with E-state index in [4.69, 9.17) is 0 Å². The lowest BCUT2D eigenvalue weighted by molar-refractivity contribution is 0.581. The molecular formula is C15H13N3O2S. The molecule has 0 saturated carbocycles. The Bertz CT molecular complexity index is 859. The Hall–Kier alpha value is -2.31. The third-order valence-corrected chi connectivity index (χ3v) is 4.59. The van der Waals surface area contributed by atoms with E-state index in [2.05, 4.69) is 14.7 Å². The highest BCUT2D eigenvalue weighted by Crippen LogP contribution is 2.22. The van der Waals surface area contributed by atoms with E-state index in [0.717, 1.165) is 5.39 Å². The van der Waals surface area contributed by atoms with Gasteiger partial charge in [-0.2, -0.15) is 0 Å². The van der Waals surface area contributed by atoms with Crippen molar-refractivity contribution in [2.24, 2.45) is 0 Å². The van der Waals surface area contributed by atoms with Crippen molar-refractivity contribution >= 4 is 20.8 Å². The van der Waals surface area contributed by atoms with Crippen LogP contribution >= 0.6 is 0 Å². The molecule has 0 aliphatic carbocycles. The molecule has 1 N–H and O–H groups in total. The highest BCUT2D eigenvalue weighted by molar-refractivity contribution is 7.89. The molecule has 0 fully saturated rings. The molecule has 6 heteroatoms. The predicted molar refractivity (Wildman–Crippen MR) is 80.0 cm³/mol. The smallest absolute Gasteiger partial charge is 0.241 e. The quantitative estimate of drug-likeness (QED) is 0.801. The van der Waals surface area contributed by atoms with Crippen LogP contribution in [0.1, 0.15) is 5.69 Å². The number of nitrogens with zero attached hydrogens (tertiary/aromatic N) is 2. The molecule has 0 spiro atoms. The van der Waals surface area contributed by atoms with E-state index >= 15 is 0 Å². The fourth-order valence-electron chi connectivity index (χ4n) is 2.10. The maximum absolute atomic E-state index is 12.5. The molecule has 0 atom stereocenters. The number of hydrogen-bond donors (Lipinski definition) is 1. The summed E-state index contributed by atoms with van der Waals surface area (Å²) >= 11 is 0. The van der Waals surface area contributed by atoms with E-state index < -0.39 is 10.0 Å².